The van der Waals surface area contributed by atoms with Crippen molar-refractivity contribution in [2.45, 2.75) is 13.8 Å². The summed E-state index contributed by atoms with van der Waals surface area (Å²) in [6.07, 6.45) is 0. The Labute approximate surface area is 106 Å². The molecule has 98 valence electrons. The largest absolute Gasteiger partial charge is 0.494 e. The zero-order valence-electron chi connectivity index (χ0n) is 10.8. The average Bonchev–Trinajstić information content (AvgIpc) is 2.46. The maximum Gasteiger partial charge on any atom is 0.229 e. The molecule has 0 saturated heterocycles. The molecule has 1 amide bonds. The van der Waals surface area contributed by atoms with Gasteiger partial charge in [-0.15, -0.1) is 0 Å². The number of rotatable bonds is 2. The number of ether oxygens (including phenoxy) is 1. The second-order valence-corrected chi connectivity index (χ2v) is 4.43. The van der Waals surface area contributed by atoms with Crippen LogP contribution < -0.4 is 15.0 Å². The van der Waals surface area contributed by atoms with Crippen molar-refractivity contribution in [3.63, 3.8) is 0 Å². The van der Waals surface area contributed by atoms with E-state index < -0.39 is 5.82 Å². The standard InChI is InChI=1S/C13H17FN2O2/c1-4-16-7-8(2)13(17)15-10-5-9(14)12(18-3)6-11(10)16/h5-6,8H,4,7H2,1-3H3,(H,15,17). The first-order valence-corrected chi connectivity index (χ1v) is 6.00. The minimum atomic E-state index is -0.470. The zero-order chi connectivity index (χ0) is 13.3. The Morgan fingerprint density at radius 2 is 2.28 bits per heavy atom. The van der Waals surface area contributed by atoms with Gasteiger partial charge >= 0.3 is 0 Å². The van der Waals surface area contributed by atoms with E-state index in [9.17, 15) is 9.18 Å². The monoisotopic (exact) mass is 252 g/mol. The Hall–Kier alpha value is -1.78. The lowest BCUT2D eigenvalue weighted by Gasteiger charge is -2.24. The number of hydrogen-bond acceptors (Lipinski definition) is 3. The van der Waals surface area contributed by atoms with E-state index in [1.165, 1.54) is 13.2 Å². The molecule has 1 aromatic carbocycles. The van der Waals surface area contributed by atoms with Gasteiger partial charge in [-0.05, 0) is 6.92 Å². The summed E-state index contributed by atoms with van der Waals surface area (Å²) in [7, 11) is 1.43. The fraction of sp³-hybridized carbons (Fsp3) is 0.462. The van der Waals surface area contributed by atoms with E-state index in [0.717, 1.165) is 12.2 Å². The van der Waals surface area contributed by atoms with E-state index in [0.29, 0.717) is 12.2 Å². The van der Waals surface area contributed by atoms with Crippen LogP contribution in [0, 0.1) is 11.7 Å². The molecule has 1 aromatic rings. The van der Waals surface area contributed by atoms with Gasteiger partial charge in [0.15, 0.2) is 11.6 Å². The number of fused-ring (bicyclic) bond motifs is 1. The summed E-state index contributed by atoms with van der Waals surface area (Å²) >= 11 is 0. The molecule has 0 aromatic heterocycles. The summed E-state index contributed by atoms with van der Waals surface area (Å²) in [5, 5.41) is 2.75. The first-order chi connectivity index (χ1) is 8.56. The maximum atomic E-state index is 13.7. The number of methoxy groups -OCH3 is 1. The molecular formula is C13H17FN2O2. The molecule has 1 atom stereocenters. The highest BCUT2D eigenvalue weighted by molar-refractivity contribution is 5.97. The van der Waals surface area contributed by atoms with Gasteiger partial charge < -0.3 is 15.0 Å². The number of carbonyl (C=O) groups is 1. The number of nitrogens with one attached hydrogen (secondary N) is 1. The van der Waals surface area contributed by atoms with Crippen LogP contribution in [-0.4, -0.2) is 26.1 Å². The Kier molecular flexibility index (Phi) is 3.41. The lowest BCUT2D eigenvalue weighted by atomic mass is 10.1. The number of anilines is 2. The van der Waals surface area contributed by atoms with Crippen LogP contribution in [0.2, 0.25) is 0 Å². The van der Waals surface area contributed by atoms with E-state index >= 15 is 0 Å². The average molecular weight is 252 g/mol. The molecule has 2 rings (SSSR count). The van der Waals surface area contributed by atoms with E-state index in [1.807, 2.05) is 18.7 Å². The van der Waals surface area contributed by atoms with Gasteiger partial charge in [0.05, 0.1) is 24.4 Å². The lowest BCUT2D eigenvalue weighted by Crippen LogP contribution is -2.30. The Balaban J connectivity index is 2.52. The Morgan fingerprint density at radius 3 is 2.89 bits per heavy atom. The predicted molar refractivity (Wildman–Crippen MR) is 68.6 cm³/mol. The SMILES string of the molecule is CCN1CC(C)C(=O)Nc2cc(F)c(OC)cc21. The third kappa shape index (κ3) is 2.12. The summed E-state index contributed by atoms with van der Waals surface area (Å²) in [4.78, 5) is 13.9. The molecular weight excluding hydrogens is 235 g/mol. The van der Waals surface area contributed by atoms with Gasteiger partial charge in [-0.2, -0.15) is 0 Å². The van der Waals surface area contributed by atoms with Crippen LogP contribution in [0.3, 0.4) is 0 Å². The fourth-order valence-corrected chi connectivity index (χ4v) is 2.13. The summed E-state index contributed by atoms with van der Waals surface area (Å²) in [6.45, 7) is 5.23. The lowest BCUT2D eigenvalue weighted by molar-refractivity contribution is -0.119. The molecule has 0 bridgehead atoms. The molecule has 0 fully saturated rings. The van der Waals surface area contributed by atoms with Crippen molar-refractivity contribution in [1.29, 1.82) is 0 Å². The van der Waals surface area contributed by atoms with Gasteiger partial charge in [-0.1, -0.05) is 6.92 Å². The van der Waals surface area contributed by atoms with Crippen LogP contribution in [-0.2, 0) is 4.79 Å². The van der Waals surface area contributed by atoms with Crippen LogP contribution in [0.4, 0.5) is 15.8 Å². The minimum Gasteiger partial charge on any atom is -0.494 e. The van der Waals surface area contributed by atoms with Crippen molar-refractivity contribution < 1.29 is 13.9 Å². The van der Waals surface area contributed by atoms with Gasteiger partial charge in [0.1, 0.15) is 0 Å². The van der Waals surface area contributed by atoms with Crippen LogP contribution in [0.5, 0.6) is 5.75 Å². The normalized spacial score (nSPS) is 19.0. The molecule has 1 aliphatic heterocycles. The predicted octanol–water partition coefficient (Wildman–Crippen LogP) is 2.25. The Morgan fingerprint density at radius 1 is 1.56 bits per heavy atom. The molecule has 0 saturated carbocycles. The number of halogens is 1. The third-order valence-corrected chi connectivity index (χ3v) is 3.19. The van der Waals surface area contributed by atoms with Crippen molar-refractivity contribution in [3.05, 3.63) is 17.9 Å². The summed E-state index contributed by atoms with van der Waals surface area (Å²) in [5.41, 5.74) is 1.30. The van der Waals surface area contributed by atoms with Gasteiger partial charge in [0, 0.05) is 25.2 Å². The summed E-state index contributed by atoms with van der Waals surface area (Å²) in [6, 6.07) is 2.94. The molecule has 0 aliphatic carbocycles. The minimum absolute atomic E-state index is 0.0863. The number of amides is 1. The highest BCUT2D eigenvalue weighted by atomic mass is 19.1. The number of carbonyl (C=O) groups excluding carboxylic acids is 1. The second-order valence-electron chi connectivity index (χ2n) is 4.43. The molecule has 1 aliphatic rings. The van der Waals surface area contributed by atoms with Gasteiger partial charge in [0.25, 0.3) is 0 Å². The quantitative estimate of drug-likeness (QED) is 0.877. The van der Waals surface area contributed by atoms with E-state index in [1.54, 1.807) is 6.07 Å². The Bertz CT molecular complexity index is 476. The smallest absolute Gasteiger partial charge is 0.229 e. The first-order valence-electron chi connectivity index (χ1n) is 6.00. The summed E-state index contributed by atoms with van der Waals surface area (Å²) < 4.78 is 18.7. The topological polar surface area (TPSA) is 41.6 Å². The highest BCUT2D eigenvalue weighted by Gasteiger charge is 2.25. The molecule has 18 heavy (non-hydrogen) atoms. The van der Waals surface area contributed by atoms with E-state index in [-0.39, 0.29) is 17.6 Å². The third-order valence-electron chi connectivity index (χ3n) is 3.19. The van der Waals surface area contributed by atoms with Crippen LogP contribution in [0.1, 0.15) is 13.8 Å². The van der Waals surface area contributed by atoms with E-state index in [4.69, 9.17) is 4.74 Å². The number of benzene rings is 1. The first kappa shape index (κ1) is 12.7. The zero-order valence-corrected chi connectivity index (χ0v) is 10.8. The number of nitrogens with zero attached hydrogens (tertiary/aromatic N) is 1. The number of hydrogen-bond donors (Lipinski definition) is 1. The molecule has 0 spiro atoms. The van der Waals surface area contributed by atoms with Crippen molar-refractivity contribution in [2.24, 2.45) is 5.92 Å². The van der Waals surface area contributed by atoms with Gasteiger partial charge in [-0.3, -0.25) is 4.79 Å². The molecule has 4 nitrogen and oxygen atoms in total. The van der Waals surface area contributed by atoms with E-state index in [2.05, 4.69) is 5.32 Å². The maximum absolute atomic E-state index is 13.7. The fourth-order valence-electron chi connectivity index (χ4n) is 2.13. The highest BCUT2D eigenvalue weighted by Crippen LogP contribution is 2.35. The molecule has 1 heterocycles. The van der Waals surface area contributed by atoms with Crippen LogP contribution >= 0.6 is 0 Å². The van der Waals surface area contributed by atoms with Crippen molar-refractivity contribution >= 4 is 17.3 Å². The molecule has 1 N–H and O–H groups in total. The van der Waals surface area contributed by atoms with Crippen molar-refractivity contribution in [3.8, 4) is 5.75 Å². The van der Waals surface area contributed by atoms with Crippen LogP contribution in [0.25, 0.3) is 0 Å². The van der Waals surface area contributed by atoms with Gasteiger partial charge in [-0.25, -0.2) is 4.39 Å². The summed E-state index contributed by atoms with van der Waals surface area (Å²) in [5.74, 6) is -0.499. The van der Waals surface area contributed by atoms with Crippen molar-refractivity contribution in [1.82, 2.24) is 0 Å². The van der Waals surface area contributed by atoms with Gasteiger partial charge in [0.2, 0.25) is 5.91 Å². The molecule has 1 unspecified atom stereocenters. The van der Waals surface area contributed by atoms with Crippen LogP contribution in [0.15, 0.2) is 12.1 Å². The molecule has 0 radical (unpaired) electrons. The second kappa shape index (κ2) is 4.84. The van der Waals surface area contributed by atoms with Crippen molar-refractivity contribution in [2.75, 3.05) is 30.4 Å². The molecule has 5 heteroatoms.